The third kappa shape index (κ3) is 6.63. The Morgan fingerprint density at radius 3 is 2.76 bits per heavy atom. The molecule has 0 aliphatic carbocycles. The number of aromatic nitrogens is 2. The van der Waals surface area contributed by atoms with Gasteiger partial charge >= 0.3 is 0 Å². The lowest BCUT2D eigenvalue weighted by atomic mass is 10.2. The summed E-state index contributed by atoms with van der Waals surface area (Å²) in [5, 5.41) is 7.49. The van der Waals surface area contributed by atoms with Crippen LogP contribution in [0.4, 0.5) is 10.1 Å². The number of rotatable bonds is 10. The van der Waals surface area contributed by atoms with Gasteiger partial charge in [-0.2, -0.15) is 9.78 Å². The monoisotopic (exact) mass is 580 g/mol. The molecule has 0 aliphatic heterocycles. The maximum atomic E-state index is 13.3. The van der Waals surface area contributed by atoms with Crippen molar-refractivity contribution in [1.29, 1.82) is 0 Å². The highest BCUT2D eigenvalue weighted by molar-refractivity contribution is 9.10. The van der Waals surface area contributed by atoms with E-state index in [1.807, 2.05) is 12.1 Å². The number of nitrogens with zero attached hydrogens (tertiary/aromatic N) is 3. The predicted molar refractivity (Wildman–Crippen MR) is 149 cm³/mol. The first-order valence-corrected chi connectivity index (χ1v) is 12.8. The average molecular weight is 581 g/mol. The Morgan fingerprint density at radius 1 is 1.16 bits per heavy atom. The number of fused-ring (bicyclic) bond motifs is 1. The van der Waals surface area contributed by atoms with E-state index in [0.717, 1.165) is 17.3 Å². The number of ether oxygens (including phenoxy) is 2. The second-order valence-corrected chi connectivity index (χ2v) is 9.33. The van der Waals surface area contributed by atoms with Crippen LogP contribution in [0.2, 0.25) is 0 Å². The molecule has 0 radical (unpaired) electrons. The number of unbranched alkanes of at least 4 members (excludes halogenated alkanes) is 1. The van der Waals surface area contributed by atoms with Crippen molar-refractivity contribution < 1.29 is 18.7 Å². The van der Waals surface area contributed by atoms with Crippen molar-refractivity contribution in [1.82, 2.24) is 9.66 Å². The molecule has 0 fully saturated rings. The second-order valence-electron chi connectivity index (χ2n) is 8.41. The fourth-order valence-electron chi connectivity index (χ4n) is 3.73. The molecule has 0 bridgehead atoms. The van der Waals surface area contributed by atoms with E-state index >= 15 is 0 Å². The van der Waals surface area contributed by atoms with E-state index in [1.165, 1.54) is 30.0 Å². The molecule has 0 saturated heterocycles. The van der Waals surface area contributed by atoms with Gasteiger partial charge in [-0.3, -0.25) is 9.59 Å². The molecule has 1 N–H and O–H groups in total. The molecule has 0 saturated carbocycles. The van der Waals surface area contributed by atoms with Gasteiger partial charge in [-0.1, -0.05) is 35.3 Å². The molecule has 0 aliphatic rings. The molecule has 1 amide bonds. The molecule has 196 valence electrons. The highest BCUT2D eigenvalue weighted by Gasteiger charge is 2.12. The highest BCUT2D eigenvalue weighted by Crippen LogP contribution is 2.27. The first-order valence-electron chi connectivity index (χ1n) is 12.0. The van der Waals surface area contributed by atoms with E-state index < -0.39 is 11.7 Å². The minimum absolute atomic E-state index is 0.255. The Hall–Kier alpha value is -4.05. The fourth-order valence-corrected chi connectivity index (χ4v) is 4.09. The normalized spacial score (nSPS) is 11.2. The summed E-state index contributed by atoms with van der Waals surface area (Å²) >= 11 is 3.41. The molecule has 0 spiro atoms. The molecule has 8 nitrogen and oxygen atoms in total. The van der Waals surface area contributed by atoms with Crippen molar-refractivity contribution in [3.8, 4) is 11.5 Å². The van der Waals surface area contributed by atoms with Gasteiger partial charge in [-0.25, -0.2) is 9.37 Å². The fraction of sp³-hybridized carbons (Fsp3) is 0.214. The highest BCUT2D eigenvalue weighted by atomic mass is 79.9. The van der Waals surface area contributed by atoms with Crippen LogP contribution < -0.4 is 20.3 Å². The molecule has 38 heavy (non-hydrogen) atoms. The number of anilines is 1. The Balaban J connectivity index is 1.54. The number of nitrogens with one attached hydrogen (secondary N) is 1. The van der Waals surface area contributed by atoms with Gasteiger partial charge in [0.05, 0.1) is 24.2 Å². The summed E-state index contributed by atoms with van der Waals surface area (Å²) in [6.45, 7) is 1.78. The maximum Gasteiger partial charge on any atom is 0.282 e. The van der Waals surface area contributed by atoms with Crippen molar-refractivity contribution >= 4 is 44.6 Å². The number of methoxy groups -OCH3 is 1. The number of carbonyl (C=O) groups is 1. The zero-order valence-corrected chi connectivity index (χ0v) is 22.5. The van der Waals surface area contributed by atoms with Gasteiger partial charge in [0.25, 0.3) is 11.5 Å². The van der Waals surface area contributed by atoms with Crippen LogP contribution in [0.3, 0.4) is 0 Å². The Labute approximate surface area is 227 Å². The van der Waals surface area contributed by atoms with Gasteiger partial charge < -0.3 is 14.8 Å². The maximum absolute atomic E-state index is 13.3. The van der Waals surface area contributed by atoms with Gasteiger partial charge in [0.15, 0.2) is 18.1 Å². The standard InChI is InChI=1S/C28H26BrFN4O4/c1-3-4-8-26-33-23-11-10-19(29)14-22(23)28(36)34(26)31-16-18-9-12-24(25(13-18)37-2)38-17-27(35)32-21-7-5-6-20(30)15-21/h5-7,9-16H,3-4,8,17H2,1-2H3,(H,32,35). The van der Waals surface area contributed by atoms with Gasteiger partial charge in [0.1, 0.15) is 11.6 Å². The minimum atomic E-state index is -0.449. The van der Waals surface area contributed by atoms with E-state index in [0.29, 0.717) is 45.9 Å². The molecule has 4 aromatic rings. The Kier molecular flexibility index (Phi) is 8.85. The number of halogens is 2. The van der Waals surface area contributed by atoms with E-state index in [1.54, 1.807) is 36.5 Å². The van der Waals surface area contributed by atoms with Gasteiger partial charge in [-0.15, -0.1) is 0 Å². The van der Waals surface area contributed by atoms with E-state index in [4.69, 9.17) is 9.47 Å². The number of benzene rings is 3. The van der Waals surface area contributed by atoms with Crippen molar-refractivity contribution in [2.45, 2.75) is 26.2 Å². The van der Waals surface area contributed by atoms with Crippen LogP contribution in [-0.4, -0.2) is 35.5 Å². The van der Waals surface area contributed by atoms with Crippen LogP contribution in [0.15, 0.2) is 75.0 Å². The molecular weight excluding hydrogens is 555 g/mol. The average Bonchev–Trinajstić information content (AvgIpc) is 2.91. The zero-order chi connectivity index (χ0) is 27.1. The summed E-state index contributed by atoms with van der Waals surface area (Å²) in [4.78, 5) is 30.1. The summed E-state index contributed by atoms with van der Waals surface area (Å²) < 4.78 is 26.5. The third-order valence-corrected chi connectivity index (χ3v) is 6.10. The van der Waals surface area contributed by atoms with Crippen LogP contribution in [0.1, 0.15) is 31.2 Å². The van der Waals surface area contributed by atoms with Crippen LogP contribution in [-0.2, 0) is 11.2 Å². The minimum Gasteiger partial charge on any atom is -0.493 e. The molecule has 3 aromatic carbocycles. The largest absolute Gasteiger partial charge is 0.493 e. The van der Waals surface area contributed by atoms with Gasteiger partial charge in [0, 0.05) is 16.6 Å². The van der Waals surface area contributed by atoms with E-state index in [-0.39, 0.29) is 12.2 Å². The number of amides is 1. The molecule has 4 rings (SSSR count). The number of hydrogen-bond acceptors (Lipinski definition) is 6. The van der Waals surface area contributed by atoms with Gasteiger partial charge in [0.2, 0.25) is 0 Å². The first kappa shape index (κ1) is 27.0. The molecule has 0 unspecified atom stereocenters. The van der Waals surface area contributed by atoms with Crippen molar-refractivity contribution in [3.63, 3.8) is 0 Å². The van der Waals surface area contributed by atoms with Crippen molar-refractivity contribution in [2.24, 2.45) is 5.10 Å². The lowest BCUT2D eigenvalue weighted by Crippen LogP contribution is -2.22. The number of aryl methyl sites for hydroxylation is 1. The van der Waals surface area contributed by atoms with Crippen molar-refractivity contribution in [3.05, 3.63) is 92.7 Å². The summed E-state index contributed by atoms with van der Waals surface area (Å²) in [5.74, 6) is 0.412. The zero-order valence-electron chi connectivity index (χ0n) is 20.9. The van der Waals surface area contributed by atoms with E-state index in [2.05, 4.69) is 38.3 Å². The molecule has 0 atom stereocenters. The van der Waals surface area contributed by atoms with Crippen molar-refractivity contribution in [2.75, 3.05) is 19.0 Å². The van der Waals surface area contributed by atoms with Crippen LogP contribution in [0.25, 0.3) is 10.9 Å². The lowest BCUT2D eigenvalue weighted by Gasteiger charge is -2.12. The quantitative estimate of drug-likeness (QED) is 0.248. The SMILES string of the molecule is CCCCc1nc2ccc(Br)cc2c(=O)n1N=Cc1ccc(OCC(=O)Nc2cccc(F)c2)c(OC)c1. The smallest absolute Gasteiger partial charge is 0.282 e. The van der Waals surface area contributed by atoms with E-state index in [9.17, 15) is 14.0 Å². The summed E-state index contributed by atoms with van der Waals surface area (Å²) in [5.41, 5.74) is 1.36. The summed E-state index contributed by atoms with van der Waals surface area (Å²) in [6.07, 6.45) is 3.99. The Bertz CT molecular complexity index is 1550. The Morgan fingerprint density at radius 2 is 2.00 bits per heavy atom. The lowest BCUT2D eigenvalue weighted by molar-refractivity contribution is -0.118. The van der Waals surface area contributed by atoms with Gasteiger partial charge in [-0.05, 0) is 66.6 Å². The predicted octanol–water partition coefficient (Wildman–Crippen LogP) is 5.55. The number of hydrogen-bond donors (Lipinski definition) is 1. The van der Waals surface area contributed by atoms with Crippen LogP contribution in [0.5, 0.6) is 11.5 Å². The second kappa shape index (κ2) is 12.5. The van der Waals surface area contributed by atoms with Crippen LogP contribution in [0, 0.1) is 5.82 Å². The first-order chi connectivity index (χ1) is 18.4. The summed E-state index contributed by atoms with van der Waals surface area (Å²) in [7, 11) is 1.48. The molecular formula is C28H26BrFN4O4. The number of carbonyl (C=O) groups excluding carboxylic acids is 1. The molecule has 10 heteroatoms. The topological polar surface area (TPSA) is 94.8 Å². The molecule has 1 aromatic heterocycles. The third-order valence-electron chi connectivity index (χ3n) is 5.61. The summed E-state index contributed by atoms with van der Waals surface area (Å²) in [6, 6.07) is 16.1. The molecule has 1 heterocycles. The van der Waals surface area contributed by atoms with Crippen LogP contribution >= 0.6 is 15.9 Å².